The largest absolute Gasteiger partial charge is 0.438 e. The van der Waals surface area contributed by atoms with Gasteiger partial charge in [0.2, 0.25) is 5.09 Å². The Morgan fingerprint density at radius 2 is 2.00 bits per heavy atom. The van der Waals surface area contributed by atoms with Crippen LogP contribution in [0, 0.1) is 0 Å². The van der Waals surface area contributed by atoms with E-state index in [0.717, 1.165) is 10.2 Å². The molecule has 3 rings (SSSR count). The molecule has 114 valence electrons. The van der Waals surface area contributed by atoms with E-state index in [9.17, 15) is 13.2 Å². The maximum atomic E-state index is 12.1. The molecule has 7 nitrogen and oxygen atoms in total. The average Bonchev–Trinajstić information content (AvgIpc) is 3.13. The van der Waals surface area contributed by atoms with Crippen molar-refractivity contribution in [3.8, 4) is 0 Å². The van der Waals surface area contributed by atoms with Crippen LogP contribution in [0.4, 0.5) is 5.13 Å². The number of fused-ring (bicyclic) bond motifs is 1. The second-order valence-corrected chi connectivity index (χ2v) is 7.12. The Labute approximate surface area is 130 Å². The molecule has 0 aliphatic carbocycles. The van der Waals surface area contributed by atoms with Gasteiger partial charge in [0.15, 0.2) is 10.9 Å². The minimum absolute atomic E-state index is 0.104. The minimum Gasteiger partial charge on any atom is -0.438 e. The van der Waals surface area contributed by atoms with Gasteiger partial charge in [-0.2, -0.15) is 0 Å². The molecule has 0 spiro atoms. The van der Waals surface area contributed by atoms with Crippen molar-refractivity contribution in [3.63, 3.8) is 0 Å². The highest BCUT2D eigenvalue weighted by Gasteiger charge is 2.20. The molecule has 9 heteroatoms. The highest BCUT2D eigenvalue weighted by Crippen LogP contribution is 2.26. The first-order valence-corrected chi connectivity index (χ1v) is 8.50. The first-order valence-electron chi connectivity index (χ1n) is 6.20. The number of carbonyl (C=O) groups is 1. The van der Waals surface area contributed by atoms with E-state index < -0.39 is 15.9 Å². The number of para-hydroxylation sites is 1. The van der Waals surface area contributed by atoms with E-state index in [2.05, 4.69) is 15.0 Å². The highest BCUT2D eigenvalue weighted by molar-refractivity contribution is 7.89. The summed E-state index contributed by atoms with van der Waals surface area (Å²) in [5.74, 6) is -0.662. The van der Waals surface area contributed by atoms with Crippen molar-refractivity contribution in [1.82, 2.24) is 9.71 Å². The number of nitrogens with one attached hydrogen (secondary N) is 2. The molecule has 0 aliphatic rings. The molecule has 1 aromatic carbocycles. The van der Waals surface area contributed by atoms with Crippen molar-refractivity contribution in [2.45, 2.75) is 5.09 Å². The first kappa shape index (κ1) is 14.7. The molecule has 0 radical (unpaired) electrons. The molecule has 0 atom stereocenters. The summed E-state index contributed by atoms with van der Waals surface area (Å²) >= 11 is 1.32. The zero-order valence-electron chi connectivity index (χ0n) is 11.4. The standard InChI is InChI=1S/C13H11N3O4S2/c1-14-22(18,19)11-7-6-9(20-11)12(17)16-13-15-8-4-2-3-5-10(8)21-13/h2-7,14H,1H3,(H,15,16,17). The Hall–Kier alpha value is -2.23. The molecule has 0 saturated heterocycles. The summed E-state index contributed by atoms with van der Waals surface area (Å²) in [6, 6.07) is 9.99. The van der Waals surface area contributed by atoms with Crippen molar-refractivity contribution < 1.29 is 17.6 Å². The zero-order valence-corrected chi connectivity index (χ0v) is 13.0. The van der Waals surface area contributed by atoms with Crippen LogP contribution < -0.4 is 10.0 Å². The number of benzene rings is 1. The molecule has 2 N–H and O–H groups in total. The Morgan fingerprint density at radius 1 is 1.23 bits per heavy atom. The molecule has 22 heavy (non-hydrogen) atoms. The lowest BCUT2D eigenvalue weighted by Crippen LogP contribution is -2.18. The fourth-order valence-corrected chi connectivity index (χ4v) is 3.28. The average molecular weight is 337 g/mol. The molecular weight excluding hydrogens is 326 g/mol. The first-order chi connectivity index (χ1) is 10.5. The lowest BCUT2D eigenvalue weighted by atomic mass is 10.3. The third kappa shape index (κ3) is 2.73. The fourth-order valence-electron chi connectivity index (χ4n) is 1.77. The van der Waals surface area contributed by atoms with Crippen molar-refractivity contribution in [2.24, 2.45) is 0 Å². The van der Waals surface area contributed by atoms with Crippen LogP contribution >= 0.6 is 11.3 Å². The number of amides is 1. The predicted octanol–water partition coefficient (Wildman–Crippen LogP) is 2.05. The summed E-state index contributed by atoms with van der Waals surface area (Å²) in [5, 5.41) is 2.69. The number of nitrogens with zero attached hydrogens (tertiary/aromatic N) is 1. The Balaban J connectivity index is 1.82. The lowest BCUT2D eigenvalue weighted by Gasteiger charge is -1.98. The van der Waals surface area contributed by atoms with E-state index in [-0.39, 0.29) is 10.9 Å². The third-order valence-corrected chi connectivity index (χ3v) is 5.09. The number of hydrogen-bond donors (Lipinski definition) is 2. The van der Waals surface area contributed by atoms with Gasteiger partial charge in [-0.15, -0.1) is 0 Å². The van der Waals surface area contributed by atoms with Gasteiger partial charge in [0, 0.05) is 0 Å². The van der Waals surface area contributed by atoms with E-state index >= 15 is 0 Å². The predicted molar refractivity (Wildman–Crippen MR) is 82.5 cm³/mol. The Kier molecular flexibility index (Phi) is 3.69. The van der Waals surface area contributed by atoms with Crippen LogP contribution in [0.25, 0.3) is 10.2 Å². The van der Waals surface area contributed by atoms with Crippen molar-refractivity contribution in [1.29, 1.82) is 0 Å². The van der Waals surface area contributed by atoms with Crippen molar-refractivity contribution >= 4 is 42.6 Å². The number of carbonyl (C=O) groups excluding carboxylic acids is 1. The molecule has 0 bridgehead atoms. The van der Waals surface area contributed by atoms with Gasteiger partial charge in [0.25, 0.3) is 15.9 Å². The molecule has 0 saturated carbocycles. The van der Waals surface area contributed by atoms with Gasteiger partial charge in [-0.3, -0.25) is 10.1 Å². The lowest BCUT2D eigenvalue weighted by molar-refractivity contribution is 0.0991. The van der Waals surface area contributed by atoms with Gasteiger partial charge >= 0.3 is 0 Å². The summed E-state index contributed by atoms with van der Waals surface area (Å²) in [6.07, 6.45) is 0. The van der Waals surface area contributed by atoms with Gasteiger partial charge in [-0.05, 0) is 31.3 Å². The van der Waals surface area contributed by atoms with E-state index in [1.807, 2.05) is 24.3 Å². The zero-order chi connectivity index (χ0) is 15.7. The maximum Gasteiger partial charge on any atom is 0.293 e. The molecule has 0 fully saturated rings. The number of aromatic nitrogens is 1. The summed E-state index contributed by atoms with van der Waals surface area (Å²) in [6.45, 7) is 0. The van der Waals surface area contributed by atoms with Crippen LogP contribution in [0.3, 0.4) is 0 Å². The van der Waals surface area contributed by atoms with Gasteiger partial charge in [0.05, 0.1) is 10.2 Å². The molecule has 3 aromatic rings. The SMILES string of the molecule is CNS(=O)(=O)c1ccc(C(=O)Nc2nc3ccccc3s2)o1. The van der Waals surface area contributed by atoms with E-state index in [4.69, 9.17) is 4.42 Å². The van der Waals surface area contributed by atoms with Crippen LogP contribution in [0.5, 0.6) is 0 Å². The second kappa shape index (κ2) is 5.52. The Bertz CT molecular complexity index is 910. The number of anilines is 1. The molecule has 1 amide bonds. The highest BCUT2D eigenvalue weighted by atomic mass is 32.2. The molecule has 0 aliphatic heterocycles. The number of thiazole rings is 1. The number of rotatable bonds is 4. The van der Waals surface area contributed by atoms with Crippen LogP contribution in [-0.4, -0.2) is 26.4 Å². The van der Waals surface area contributed by atoms with Gasteiger partial charge in [-0.1, -0.05) is 23.5 Å². The maximum absolute atomic E-state index is 12.1. The summed E-state index contributed by atoms with van der Waals surface area (Å²) in [7, 11) is -2.45. The van der Waals surface area contributed by atoms with E-state index in [0.29, 0.717) is 5.13 Å². The number of furan rings is 1. The van der Waals surface area contributed by atoms with Gasteiger partial charge in [0.1, 0.15) is 0 Å². The van der Waals surface area contributed by atoms with Gasteiger partial charge < -0.3 is 4.42 Å². The van der Waals surface area contributed by atoms with Crippen molar-refractivity contribution in [3.05, 3.63) is 42.2 Å². The minimum atomic E-state index is -3.71. The molecule has 0 unspecified atom stereocenters. The third-order valence-electron chi connectivity index (χ3n) is 2.85. The second-order valence-electron chi connectivity index (χ2n) is 4.27. The number of hydrogen-bond acceptors (Lipinski definition) is 6. The fraction of sp³-hybridized carbons (Fsp3) is 0.0769. The number of sulfonamides is 1. The van der Waals surface area contributed by atoms with E-state index in [1.54, 1.807) is 0 Å². The van der Waals surface area contributed by atoms with Crippen LogP contribution in [0.1, 0.15) is 10.6 Å². The summed E-state index contributed by atoms with van der Waals surface area (Å²) in [4.78, 5) is 16.3. The quantitative estimate of drug-likeness (QED) is 0.759. The molecule has 2 aromatic heterocycles. The van der Waals surface area contributed by atoms with E-state index in [1.165, 1.54) is 30.5 Å². The van der Waals surface area contributed by atoms with Crippen LogP contribution in [-0.2, 0) is 10.0 Å². The molecular formula is C13H11N3O4S2. The monoisotopic (exact) mass is 337 g/mol. The topological polar surface area (TPSA) is 101 Å². The molecule has 2 heterocycles. The van der Waals surface area contributed by atoms with Gasteiger partial charge in [-0.25, -0.2) is 18.1 Å². The van der Waals surface area contributed by atoms with Crippen molar-refractivity contribution in [2.75, 3.05) is 12.4 Å². The smallest absolute Gasteiger partial charge is 0.293 e. The summed E-state index contributed by atoms with van der Waals surface area (Å²) < 4.78 is 31.2. The Morgan fingerprint density at radius 3 is 2.73 bits per heavy atom. The summed E-state index contributed by atoms with van der Waals surface area (Å²) in [5.41, 5.74) is 0.778. The van der Waals surface area contributed by atoms with Crippen LogP contribution in [0.15, 0.2) is 45.9 Å². The normalized spacial score (nSPS) is 11.7. The van der Waals surface area contributed by atoms with Crippen LogP contribution in [0.2, 0.25) is 0 Å².